The molecule has 0 fully saturated rings. The number of nitrogens with zero attached hydrogens (tertiary/aromatic N) is 8. The highest BCUT2D eigenvalue weighted by molar-refractivity contribution is 7.98. The molecule has 144 valence electrons. The number of benzene rings is 1. The fourth-order valence-electron chi connectivity index (χ4n) is 2.29. The lowest BCUT2D eigenvalue weighted by atomic mass is 10.1. The maximum absolute atomic E-state index is 13.4. The fourth-order valence-corrected chi connectivity index (χ4v) is 3.26. The van der Waals surface area contributed by atoms with Crippen molar-refractivity contribution in [1.82, 2.24) is 40.4 Å². The Kier molecular flexibility index (Phi) is 5.65. The first-order valence-corrected chi connectivity index (χ1v) is 9.15. The summed E-state index contributed by atoms with van der Waals surface area (Å²) in [6.45, 7) is 4.67. The monoisotopic (exact) mass is 418 g/mol. The lowest BCUT2D eigenvalue weighted by molar-refractivity contribution is -0.137. The zero-order valence-corrected chi connectivity index (χ0v) is 15.8. The standard InChI is InChI=1S/C14H14ClF3N8S/c1-8(2)6-25-13(20-22-23-25)27-7-12-19-21-24-26(12)11-4-3-9(15)5-10(11)14(16,17)18/h3-5,8H,6-7H2,1-2H3. The van der Waals surface area contributed by atoms with E-state index >= 15 is 0 Å². The van der Waals surface area contributed by atoms with Crippen LogP contribution in [0.5, 0.6) is 0 Å². The summed E-state index contributed by atoms with van der Waals surface area (Å²) >= 11 is 6.96. The fraction of sp³-hybridized carbons (Fsp3) is 0.429. The molecule has 27 heavy (non-hydrogen) atoms. The van der Waals surface area contributed by atoms with E-state index in [2.05, 4.69) is 31.1 Å². The third-order valence-corrected chi connectivity index (χ3v) is 4.58. The molecule has 0 aliphatic carbocycles. The second-order valence-electron chi connectivity index (χ2n) is 5.99. The van der Waals surface area contributed by atoms with Crippen molar-refractivity contribution in [2.24, 2.45) is 5.92 Å². The van der Waals surface area contributed by atoms with Crippen LogP contribution in [-0.2, 0) is 18.5 Å². The molecule has 2 aromatic heterocycles. The minimum atomic E-state index is -4.60. The van der Waals surface area contributed by atoms with Crippen molar-refractivity contribution in [2.45, 2.75) is 37.5 Å². The Morgan fingerprint density at radius 1 is 1.15 bits per heavy atom. The molecule has 0 bridgehead atoms. The van der Waals surface area contributed by atoms with Crippen molar-refractivity contribution in [3.05, 3.63) is 34.6 Å². The predicted octanol–water partition coefficient (Wildman–Crippen LogP) is 3.27. The second-order valence-corrected chi connectivity index (χ2v) is 7.37. The summed E-state index contributed by atoms with van der Waals surface area (Å²) in [6, 6.07) is 3.44. The van der Waals surface area contributed by atoms with Gasteiger partial charge in [0.1, 0.15) is 0 Å². The largest absolute Gasteiger partial charge is 0.418 e. The van der Waals surface area contributed by atoms with Gasteiger partial charge in [0, 0.05) is 11.6 Å². The van der Waals surface area contributed by atoms with Crippen molar-refractivity contribution in [3.8, 4) is 5.69 Å². The summed E-state index contributed by atoms with van der Waals surface area (Å²) in [5, 5.41) is 23.0. The quantitative estimate of drug-likeness (QED) is 0.568. The molecular weight excluding hydrogens is 405 g/mol. The van der Waals surface area contributed by atoms with Crippen LogP contribution in [0.4, 0.5) is 13.2 Å². The van der Waals surface area contributed by atoms with Gasteiger partial charge in [0.05, 0.1) is 17.0 Å². The normalized spacial score (nSPS) is 12.1. The molecule has 3 rings (SSSR count). The van der Waals surface area contributed by atoms with Gasteiger partial charge in [0.25, 0.3) is 0 Å². The lowest BCUT2D eigenvalue weighted by Crippen LogP contribution is -2.13. The highest BCUT2D eigenvalue weighted by atomic mass is 35.5. The van der Waals surface area contributed by atoms with Crippen LogP contribution in [0, 0.1) is 5.92 Å². The third-order valence-electron chi connectivity index (χ3n) is 3.39. The molecule has 0 saturated heterocycles. The van der Waals surface area contributed by atoms with Gasteiger partial charge in [-0.15, -0.1) is 10.2 Å². The van der Waals surface area contributed by atoms with Crippen LogP contribution in [0.15, 0.2) is 23.4 Å². The average Bonchev–Trinajstić information content (AvgIpc) is 3.20. The molecule has 0 aliphatic heterocycles. The zero-order valence-electron chi connectivity index (χ0n) is 14.2. The van der Waals surface area contributed by atoms with E-state index in [0.29, 0.717) is 17.6 Å². The topological polar surface area (TPSA) is 87.2 Å². The predicted molar refractivity (Wildman–Crippen MR) is 91.4 cm³/mol. The zero-order chi connectivity index (χ0) is 19.6. The van der Waals surface area contributed by atoms with E-state index in [1.807, 2.05) is 13.8 Å². The van der Waals surface area contributed by atoms with E-state index in [4.69, 9.17) is 11.6 Å². The van der Waals surface area contributed by atoms with Crippen LogP contribution in [0.1, 0.15) is 25.2 Å². The summed E-state index contributed by atoms with van der Waals surface area (Å²) < 4.78 is 42.8. The van der Waals surface area contributed by atoms with E-state index in [0.717, 1.165) is 10.7 Å². The number of aromatic nitrogens is 8. The summed E-state index contributed by atoms with van der Waals surface area (Å²) in [4.78, 5) is 0. The van der Waals surface area contributed by atoms with Crippen molar-refractivity contribution >= 4 is 23.4 Å². The van der Waals surface area contributed by atoms with Gasteiger partial charge in [-0.3, -0.25) is 0 Å². The molecule has 0 unspecified atom stereocenters. The summed E-state index contributed by atoms with van der Waals surface area (Å²) in [5.41, 5.74) is -1.12. The van der Waals surface area contributed by atoms with E-state index < -0.39 is 11.7 Å². The first-order valence-electron chi connectivity index (χ1n) is 7.79. The van der Waals surface area contributed by atoms with E-state index in [9.17, 15) is 13.2 Å². The molecule has 0 N–H and O–H groups in total. The first kappa shape index (κ1) is 19.5. The molecule has 3 aromatic rings. The Morgan fingerprint density at radius 3 is 2.59 bits per heavy atom. The van der Waals surface area contributed by atoms with Crippen molar-refractivity contribution in [2.75, 3.05) is 0 Å². The summed E-state index contributed by atoms with van der Waals surface area (Å²) in [5.74, 6) is 0.749. The molecule has 0 spiro atoms. The number of halogens is 4. The molecule has 0 atom stereocenters. The Labute approximate surface area is 161 Å². The van der Waals surface area contributed by atoms with Gasteiger partial charge in [-0.25, -0.2) is 4.68 Å². The number of thioether (sulfide) groups is 1. The summed E-state index contributed by atoms with van der Waals surface area (Å²) in [6.07, 6.45) is -4.60. The van der Waals surface area contributed by atoms with Crippen LogP contribution in [0.3, 0.4) is 0 Å². The highest BCUT2D eigenvalue weighted by Crippen LogP contribution is 2.35. The Hall–Kier alpha value is -2.21. The number of rotatable bonds is 6. The molecule has 13 heteroatoms. The van der Waals surface area contributed by atoms with Crippen molar-refractivity contribution < 1.29 is 13.2 Å². The van der Waals surface area contributed by atoms with Crippen LogP contribution in [0.2, 0.25) is 5.02 Å². The molecule has 0 amide bonds. The Morgan fingerprint density at radius 2 is 1.89 bits per heavy atom. The minimum Gasteiger partial charge on any atom is -0.220 e. The maximum atomic E-state index is 13.4. The van der Waals surface area contributed by atoms with Crippen LogP contribution >= 0.6 is 23.4 Å². The van der Waals surface area contributed by atoms with Gasteiger partial charge in [-0.05, 0) is 45.0 Å². The smallest absolute Gasteiger partial charge is 0.220 e. The SMILES string of the molecule is CC(C)Cn1nnnc1SCc1nnnn1-c1ccc(Cl)cc1C(F)(F)F. The van der Waals surface area contributed by atoms with Gasteiger partial charge in [0.15, 0.2) is 5.82 Å². The second kappa shape index (κ2) is 7.80. The number of alkyl halides is 3. The number of hydrogen-bond acceptors (Lipinski definition) is 7. The van der Waals surface area contributed by atoms with Gasteiger partial charge in [-0.1, -0.05) is 37.2 Å². The van der Waals surface area contributed by atoms with Crippen molar-refractivity contribution in [1.29, 1.82) is 0 Å². The minimum absolute atomic E-state index is 0.0251. The van der Waals surface area contributed by atoms with E-state index in [-0.39, 0.29) is 22.3 Å². The van der Waals surface area contributed by atoms with Crippen LogP contribution in [0.25, 0.3) is 5.69 Å². The number of tetrazole rings is 2. The molecule has 0 aliphatic rings. The molecule has 2 heterocycles. The number of hydrogen-bond donors (Lipinski definition) is 0. The molecule has 1 aromatic carbocycles. The maximum Gasteiger partial charge on any atom is 0.418 e. The van der Waals surface area contributed by atoms with Gasteiger partial charge in [0.2, 0.25) is 5.16 Å². The van der Waals surface area contributed by atoms with E-state index in [1.165, 1.54) is 23.9 Å². The highest BCUT2D eigenvalue weighted by Gasteiger charge is 2.35. The lowest BCUT2D eigenvalue weighted by Gasteiger charge is -2.13. The molecule has 0 saturated carbocycles. The molecule has 8 nitrogen and oxygen atoms in total. The van der Waals surface area contributed by atoms with E-state index in [1.54, 1.807) is 4.68 Å². The Balaban J connectivity index is 1.87. The van der Waals surface area contributed by atoms with Crippen LogP contribution < -0.4 is 0 Å². The van der Waals surface area contributed by atoms with Gasteiger partial charge in [-0.2, -0.15) is 17.9 Å². The van der Waals surface area contributed by atoms with Gasteiger partial charge < -0.3 is 0 Å². The first-order chi connectivity index (χ1) is 12.8. The average molecular weight is 419 g/mol. The summed E-state index contributed by atoms with van der Waals surface area (Å²) in [7, 11) is 0. The van der Waals surface area contributed by atoms with Crippen LogP contribution in [-0.4, -0.2) is 40.4 Å². The molecule has 0 radical (unpaired) electrons. The van der Waals surface area contributed by atoms with Gasteiger partial charge >= 0.3 is 6.18 Å². The molecular formula is C14H14ClF3N8S. The Bertz CT molecular complexity index is 923. The third kappa shape index (κ3) is 4.56. The van der Waals surface area contributed by atoms with Crippen molar-refractivity contribution in [3.63, 3.8) is 0 Å².